The van der Waals surface area contributed by atoms with Gasteiger partial charge in [0.1, 0.15) is 5.82 Å². The van der Waals surface area contributed by atoms with Crippen molar-refractivity contribution >= 4 is 29.4 Å². The highest BCUT2D eigenvalue weighted by Gasteiger charge is 2.40. The fraction of sp³-hybridized carbons (Fsp3) is 0.444. The number of nitrogens with one attached hydrogen (secondary N) is 1. The number of ether oxygens (including phenoxy) is 1. The fourth-order valence-corrected chi connectivity index (χ4v) is 4.42. The molecule has 2 aromatic rings. The predicted molar refractivity (Wildman–Crippen MR) is 136 cm³/mol. The maximum absolute atomic E-state index is 13.2. The number of hydrogen-bond donors (Lipinski definition) is 1. The van der Waals surface area contributed by atoms with E-state index in [1.54, 1.807) is 12.1 Å². The Hall–Kier alpha value is -2.86. The van der Waals surface area contributed by atoms with Crippen LogP contribution in [0.2, 0.25) is 5.02 Å². The van der Waals surface area contributed by atoms with E-state index in [9.17, 15) is 9.59 Å². The van der Waals surface area contributed by atoms with Crippen molar-refractivity contribution in [3.8, 4) is 0 Å². The van der Waals surface area contributed by atoms with E-state index in [0.717, 1.165) is 29.5 Å². The molecule has 0 unspecified atom stereocenters. The van der Waals surface area contributed by atoms with Crippen molar-refractivity contribution in [1.29, 1.82) is 0 Å². The van der Waals surface area contributed by atoms with Crippen molar-refractivity contribution in [2.45, 2.75) is 59.9 Å². The number of pyridine rings is 1. The second-order valence-electron chi connectivity index (χ2n) is 10.4. The van der Waals surface area contributed by atoms with E-state index in [-0.39, 0.29) is 17.4 Å². The summed E-state index contributed by atoms with van der Waals surface area (Å²) in [6, 6.07) is 9.00. The van der Waals surface area contributed by atoms with Gasteiger partial charge in [-0.2, -0.15) is 0 Å². The number of amides is 2. The van der Waals surface area contributed by atoms with Crippen LogP contribution in [0.3, 0.4) is 0 Å². The number of aryl methyl sites for hydroxylation is 1. The summed E-state index contributed by atoms with van der Waals surface area (Å²) in [5.41, 5.74) is 2.88. The molecule has 6 nitrogen and oxygen atoms in total. The van der Waals surface area contributed by atoms with Crippen LogP contribution in [0.1, 0.15) is 69.4 Å². The normalized spacial score (nSPS) is 18.6. The first-order valence-electron chi connectivity index (χ1n) is 11.5. The summed E-state index contributed by atoms with van der Waals surface area (Å²) in [4.78, 5) is 30.7. The summed E-state index contributed by atoms with van der Waals surface area (Å²) in [6.07, 6.45) is 5.18. The molecule has 0 saturated heterocycles. The van der Waals surface area contributed by atoms with Crippen LogP contribution in [0.5, 0.6) is 0 Å². The Balaban J connectivity index is 1.96. The van der Waals surface area contributed by atoms with Crippen LogP contribution in [-0.4, -0.2) is 24.1 Å². The number of esters is 1. The molecule has 1 aromatic carbocycles. The zero-order chi connectivity index (χ0) is 25.3. The lowest BCUT2D eigenvalue weighted by Crippen LogP contribution is -2.55. The largest absolute Gasteiger partial charge is 0.465 e. The molecule has 1 aliphatic rings. The first kappa shape index (κ1) is 25.8. The Labute approximate surface area is 207 Å². The number of carbonyl (C=O) groups is 2. The second-order valence-corrected chi connectivity index (χ2v) is 10.8. The minimum absolute atomic E-state index is 0.141. The van der Waals surface area contributed by atoms with Gasteiger partial charge in [0, 0.05) is 17.4 Å². The maximum atomic E-state index is 13.2. The first-order chi connectivity index (χ1) is 15.9. The van der Waals surface area contributed by atoms with Crippen LogP contribution in [0.15, 0.2) is 48.3 Å². The molecule has 1 aromatic heterocycles. The van der Waals surface area contributed by atoms with E-state index >= 15 is 0 Å². The smallest absolute Gasteiger partial charge is 0.339 e. The summed E-state index contributed by atoms with van der Waals surface area (Å²) in [7, 11) is 1.32. The van der Waals surface area contributed by atoms with Gasteiger partial charge in [0.2, 0.25) is 0 Å². The molecule has 0 bridgehead atoms. The molecule has 0 saturated carbocycles. The van der Waals surface area contributed by atoms with Gasteiger partial charge in [0.05, 0.1) is 18.2 Å². The van der Waals surface area contributed by atoms with Crippen LogP contribution in [0, 0.1) is 11.3 Å². The summed E-state index contributed by atoms with van der Waals surface area (Å²) in [6.45, 7) is 12.8. The SMILES string of the molecule is COC(=O)c1ccc(N2C=C(C(C)C)[C@](C)(c3ccc(CCC(C)(C)C)c(Cl)c3)NC2=O)nc1. The average Bonchev–Trinajstić information content (AvgIpc) is 2.77. The van der Waals surface area contributed by atoms with Gasteiger partial charge in [0.25, 0.3) is 0 Å². The number of rotatable bonds is 6. The zero-order valence-corrected chi connectivity index (χ0v) is 21.8. The minimum atomic E-state index is -0.722. The molecular weight excluding hydrogens is 450 g/mol. The summed E-state index contributed by atoms with van der Waals surface area (Å²) in [5, 5.41) is 3.88. The average molecular weight is 484 g/mol. The molecule has 2 heterocycles. The highest BCUT2D eigenvalue weighted by Crippen LogP contribution is 2.39. The topological polar surface area (TPSA) is 71.5 Å². The highest BCUT2D eigenvalue weighted by atomic mass is 35.5. The Morgan fingerprint density at radius 1 is 1.24 bits per heavy atom. The number of hydrogen-bond acceptors (Lipinski definition) is 4. The summed E-state index contributed by atoms with van der Waals surface area (Å²) < 4.78 is 4.72. The number of aromatic nitrogens is 1. The van der Waals surface area contributed by atoms with Gasteiger partial charge < -0.3 is 10.1 Å². The van der Waals surface area contributed by atoms with Gasteiger partial charge in [-0.05, 0) is 66.0 Å². The number of anilines is 1. The monoisotopic (exact) mass is 483 g/mol. The van der Waals surface area contributed by atoms with E-state index in [1.807, 2.05) is 19.2 Å². The Morgan fingerprint density at radius 3 is 2.47 bits per heavy atom. The molecule has 0 fully saturated rings. The van der Waals surface area contributed by atoms with Crippen molar-refractivity contribution in [2.24, 2.45) is 11.3 Å². The van der Waals surface area contributed by atoms with Crippen LogP contribution < -0.4 is 10.2 Å². The van der Waals surface area contributed by atoms with E-state index < -0.39 is 11.5 Å². The van der Waals surface area contributed by atoms with Gasteiger partial charge in [0.15, 0.2) is 0 Å². The molecular formula is C27H34ClN3O3. The van der Waals surface area contributed by atoms with Crippen molar-refractivity contribution < 1.29 is 14.3 Å². The predicted octanol–water partition coefficient (Wildman–Crippen LogP) is 6.49. The zero-order valence-electron chi connectivity index (χ0n) is 21.0. The molecule has 0 radical (unpaired) electrons. The maximum Gasteiger partial charge on any atom is 0.339 e. The third kappa shape index (κ3) is 5.44. The lowest BCUT2D eigenvalue weighted by atomic mass is 9.78. The number of halogens is 1. The van der Waals surface area contributed by atoms with Crippen LogP contribution >= 0.6 is 11.6 Å². The molecule has 0 aliphatic carbocycles. The fourth-order valence-electron chi connectivity index (χ4n) is 4.15. The van der Waals surface area contributed by atoms with E-state index in [2.05, 4.69) is 57.1 Å². The lowest BCUT2D eigenvalue weighted by molar-refractivity contribution is 0.0600. The third-order valence-corrected chi connectivity index (χ3v) is 6.59. The van der Waals surface area contributed by atoms with Crippen LogP contribution in [-0.2, 0) is 16.7 Å². The Kier molecular flexibility index (Phi) is 7.41. The van der Waals surface area contributed by atoms with Crippen LogP contribution in [0.25, 0.3) is 0 Å². The van der Waals surface area contributed by atoms with Gasteiger partial charge in [-0.25, -0.2) is 14.6 Å². The Bertz CT molecular complexity index is 1100. The summed E-state index contributed by atoms with van der Waals surface area (Å²) in [5.74, 6) is 0.0821. The van der Waals surface area contributed by atoms with E-state index in [1.165, 1.54) is 18.2 Å². The minimum Gasteiger partial charge on any atom is -0.465 e. The first-order valence-corrected chi connectivity index (χ1v) is 11.9. The van der Waals surface area contributed by atoms with E-state index in [4.69, 9.17) is 16.3 Å². The van der Waals surface area contributed by atoms with Crippen molar-refractivity contribution in [3.63, 3.8) is 0 Å². The standard InChI is InChI=1S/C27H34ClN3O3/c1-17(2)21-16-31(23-11-9-19(15-29-23)24(32)34-7)25(33)30-27(21,6)20-10-8-18(22(28)14-20)12-13-26(3,4)5/h8-11,14-17H,12-13H2,1-7H3,(H,30,33)/t27-/m0/s1. The molecule has 1 aliphatic heterocycles. The summed E-state index contributed by atoms with van der Waals surface area (Å²) >= 11 is 6.69. The molecule has 0 spiro atoms. The lowest BCUT2D eigenvalue weighted by Gasteiger charge is -2.42. The third-order valence-electron chi connectivity index (χ3n) is 6.23. The number of benzene rings is 1. The van der Waals surface area contributed by atoms with Crippen molar-refractivity contribution in [3.05, 3.63) is 70.0 Å². The number of carbonyl (C=O) groups excluding carboxylic acids is 2. The Morgan fingerprint density at radius 2 is 1.94 bits per heavy atom. The molecule has 1 atom stereocenters. The number of urea groups is 1. The van der Waals surface area contributed by atoms with Gasteiger partial charge in [-0.3, -0.25) is 4.90 Å². The van der Waals surface area contributed by atoms with Crippen molar-refractivity contribution in [2.75, 3.05) is 12.0 Å². The molecule has 1 N–H and O–H groups in total. The van der Waals surface area contributed by atoms with Gasteiger partial charge >= 0.3 is 12.0 Å². The molecule has 7 heteroatoms. The molecule has 3 rings (SSSR count). The van der Waals surface area contributed by atoms with Crippen LogP contribution in [0.4, 0.5) is 10.6 Å². The molecule has 182 valence electrons. The number of methoxy groups -OCH3 is 1. The van der Waals surface area contributed by atoms with Crippen molar-refractivity contribution in [1.82, 2.24) is 10.3 Å². The quantitative estimate of drug-likeness (QED) is 0.477. The van der Waals surface area contributed by atoms with Gasteiger partial charge in [-0.15, -0.1) is 0 Å². The molecule has 34 heavy (non-hydrogen) atoms. The molecule has 2 amide bonds. The number of nitrogens with zero attached hydrogens (tertiary/aromatic N) is 2. The second kappa shape index (κ2) is 9.79. The van der Waals surface area contributed by atoms with Gasteiger partial charge in [-0.1, -0.05) is 58.4 Å². The van der Waals surface area contributed by atoms with E-state index in [0.29, 0.717) is 16.4 Å². The highest BCUT2D eigenvalue weighted by molar-refractivity contribution is 6.31.